The van der Waals surface area contributed by atoms with E-state index in [1.54, 1.807) is 19.4 Å². The predicted molar refractivity (Wildman–Crippen MR) is 100 cm³/mol. The molecule has 0 amide bonds. The van der Waals surface area contributed by atoms with Crippen molar-refractivity contribution in [3.63, 3.8) is 0 Å². The molecule has 2 rings (SSSR count). The first-order valence-corrected chi connectivity index (χ1v) is 7.10. The van der Waals surface area contributed by atoms with Crippen LogP contribution in [0.5, 0.6) is 0 Å². The minimum Gasteiger partial charge on any atom is -0.364 e. The normalized spacial score (nSPS) is 11.0. The summed E-state index contributed by atoms with van der Waals surface area (Å²) in [5.74, 6) is 0.740. The summed E-state index contributed by atoms with van der Waals surface area (Å²) in [7, 11) is 3.65. The van der Waals surface area contributed by atoms with Gasteiger partial charge in [-0.25, -0.2) is 0 Å². The van der Waals surface area contributed by atoms with Gasteiger partial charge in [0.1, 0.15) is 12.0 Å². The number of rotatable bonds is 4. The second-order valence-electron chi connectivity index (χ2n) is 4.48. The number of hydrogen-bond acceptors (Lipinski definition) is 3. The number of benzene rings is 1. The van der Waals surface area contributed by atoms with Crippen LogP contribution in [0.25, 0.3) is 0 Å². The topological polar surface area (TPSA) is 53.7 Å². The molecule has 0 bridgehead atoms. The van der Waals surface area contributed by atoms with E-state index in [0.29, 0.717) is 23.1 Å². The molecule has 0 atom stereocenters. The van der Waals surface area contributed by atoms with Gasteiger partial charge in [-0.1, -0.05) is 34.4 Å². The van der Waals surface area contributed by atoms with E-state index >= 15 is 0 Å². The fourth-order valence-electron chi connectivity index (χ4n) is 1.86. The van der Waals surface area contributed by atoms with Crippen molar-refractivity contribution >= 4 is 53.1 Å². The Bertz CT molecular complexity index is 619. The Morgan fingerprint density at radius 2 is 2.14 bits per heavy atom. The highest BCUT2D eigenvalue weighted by Gasteiger charge is 2.09. The maximum atomic E-state index is 6.15. The van der Waals surface area contributed by atoms with Crippen LogP contribution in [0, 0.1) is 0 Å². The SMILES string of the molecule is CN=C(NCc1ccc(Cl)cc1Cl)N(C)Cc1ccon1.I. The van der Waals surface area contributed by atoms with Gasteiger partial charge in [0, 0.05) is 36.8 Å². The van der Waals surface area contributed by atoms with Gasteiger partial charge < -0.3 is 14.7 Å². The molecule has 0 radical (unpaired) electrons. The Hall–Kier alpha value is -0.990. The van der Waals surface area contributed by atoms with Crippen LogP contribution in [-0.4, -0.2) is 30.1 Å². The second-order valence-corrected chi connectivity index (χ2v) is 5.33. The number of hydrogen-bond donors (Lipinski definition) is 1. The first-order valence-electron chi connectivity index (χ1n) is 6.35. The first-order chi connectivity index (χ1) is 10.1. The van der Waals surface area contributed by atoms with Gasteiger partial charge in [0.25, 0.3) is 0 Å². The Kier molecular flexibility index (Phi) is 7.98. The Morgan fingerprint density at radius 1 is 1.36 bits per heavy atom. The minimum absolute atomic E-state index is 0. The molecule has 0 saturated carbocycles. The smallest absolute Gasteiger partial charge is 0.194 e. The number of aromatic nitrogens is 1. The molecule has 1 N–H and O–H groups in total. The van der Waals surface area contributed by atoms with E-state index in [4.69, 9.17) is 27.7 Å². The monoisotopic (exact) mass is 454 g/mol. The molecule has 8 heteroatoms. The van der Waals surface area contributed by atoms with E-state index < -0.39 is 0 Å². The third kappa shape index (κ3) is 5.33. The molecular formula is C14H17Cl2IN4O. The van der Waals surface area contributed by atoms with E-state index in [0.717, 1.165) is 17.2 Å². The summed E-state index contributed by atoms with van der Waals surface area (Å²) in [4.78, 5) is 6.18. The number of aliphatic imine (C=N–C) groups is 1. The van der Waals surface area contributed by atoms with E-state index in [2.05, 4.69) is 15.5 Å². The summed E-state index contributed by atoms with van der Waals surface area (Å²) >= 11 is 12.0. The summed E-state index contributed by atoms with van der Waals surface area (Å²) < 4.78 is 4.82. The largest absolute Gasteiger partial charge is 0.364 e. The average Bonchev–Trinajstić information content (AvgIpc) is 2.94. The molecule has 1 aromatic carbocycles. The molecule has 120 valence electrons. The quantitative estimate of drug-likeness (QED) is 0.433. The number of halogens is 3. The summed E-state index contributed by atoms with van der Waals surface area (Å²) in [5, 5.41) is 8.38. The van der Waals surface area contributed by atoms with Crippen LogP contribution in [-0.2, 0) is 13.1 Å². The molecule has 0 unspecified atom stereocenters. The van der Waals surface area contributed by atoms with Crippen molar-refractivity contribution in [3.8, 4) is 0 Å². The van der Waals surface area contributed by atoms with Crippen molar-refractivity contribution in [1.82, 2.24) is 15.4 Å². The molecule has 0 aliphatic rings. The van der Waals surface area contributed by atoms with E-state index in [-0.39, 0.29) is 24.0 Å². The molecule has 1 heterocycles. The Morgan fingerprint density at radius 3 is 2.73 bits per heavy atom. The lowest BCUT2D eigenvalue weighted by Gasteiger charge is -2.21. The fraction of sp³-hybridized carbons (Fsp3) is 0.286. The van der Waals surface area contributed by atoms with Crippen molar-refractivity contribution in [2.24, 2.45) is 4.99 Å². The van der Waals surface area contributed by atoms with E-state index in [1.165, 1.54) is 0 Å². The Balaban J connectivity index is 0.00000242. The maximum absolute atomic E-state index is 6.15. The zero-order valence-corrected chi connectivity index (χ0v) is 16.1. The van der Waals surface area contributed by atoms with Crippen molar-refractivity contribution in [1.29, 1.82) is 0 Å². The highest BCUT2D eigenvalue weighted by Crippen LogP contribution is 2.20. The molecule has 0 spiro atoms. The van der Waals surface area contributed by atoms with Crippen LogP contribution in [0.4, 0.5) is 0 Å². The summed E-state index contributed by atoms with van der Waals surface area (Å²) in [6.45, 7) is 1.16. The highest BCUT2D eigenvalue weighted by atomic mass is 127. The van der Waals surface area contributed by atoms with E-state index in [1.807, 2.05) is 30.1 Å². The van der Waals surface area contributed by atoms with Gasteiger partial charge >= 0.3 is 0 Å². The molecule has 0 aliphatic carbocycles. The molecule has 22 heavy (non-hydrogen) atoms. The molecule has 0 saturated heterocycles. The van der Waals surface area contributed by atoms with Gasteiger partial charge in [-0.15, -0.1) is 24.0 Å². The van der Waals surface area contributed by atoms with Gasteiger partial charge in [0.15, 0.2) is 5.96 Å². The summed E-state index contributed by atoms with van der Waals surface area (Å²) in [5.41, 5.74) is 1.79. The molecule has 0 fully saturated rings. The third-order valence-corrected chi connectivity index (χ3v) is 3.50. The molecule has 1 aromatic heterocycles. The van der Waals surface area contributed by atoms with Crippen molar-refractivity contribution in [3.05, 3.63) is 51.8 Å². The van der Waals surface area contributed by atoms with Crippen LogP contribution in [0.1, 0.15) is 11.3 Å². The zero-order valence-electron chi connectivity index (χ0n) is 12.2. The lowest BCUT2D eigenvalue weighted by Crippen LogP contribution is -2.38. The van der Waals surface area contributed by atoms with Crippen LogP contribution >= 0.6 is 47.2 Å². The first kappa shape index (κ1) is 19.1. The van der Waals surface area contributed by atoms with Crippen molar-refractivity contribution < 1.29 is 4.52 Å². The summed E-state index contributed by atoms with van der Waals surface area (Å²) in [6.07, 6.45) is 1.55. The predicted octanol–water partition coefficient (Wildman–Crippen LogP) is 3.81. The van der Waals surface area contributed by atoms with Gasteiger partial charge in [0.2, 0.25) is 0 Å². The van der Waals surface area contributed by atoms with Gasteiger partial charge in [0.05, 0.1) is 6.54 Å². The van der Waals surface area contributed by atoms with Crippen molar-refractivity contribution in [2.45, 2.75) is 13.1 Å². The lowest BCUT2D eigenvalue weighted by atomic mass is 10.2. The molecule has 5 nitrogen and oxygen atoms in total. The minimum atomic E-state index is 0. The lowest BCUT2D eigenvalue weighted by molar-refractivity contribution is 0.391. The van der Waals surface area contributed by atoms with Gasteiger partial charge in [-0.3, -0.25) is 4.99 Å². The Labute approximate surface area is 156 Å². The van der Waals surface area contributed by atoms with Crippen LogP contribution in [0.3, 0.4) is 0 Å². The van der Waals surface area contributed by atoms with Crippen LogP contribution in [0.15, 0.2) is 40.0 Å². The number of nitrogens with zero attached hydrogens (tertiary/aromatic N) is 3. The molecule has 0 aliphatic heterocycles. The molecular weight excluding hydrogens is 438 g/mol. The number of nitrogens with one attached hydrogen (secondary N) is 1. The van der Waals surface area contributed by atoms with E-state index in [9.17, 15) is 0 Å². The number of guanidine groups is 1. The van der Waals surface area contributed by atoms with Crippen LogP contribution < -0.4 is 5.32 Å². The summed E-state index contributed by atoms with van der Waals surface area (Å²) in [6, 6.07) is 7.25. The standard InChI is InChI=1S/C14H16Cl2N4O.HI/c1-17-14(20(2)9-12-5-6-21-19-12)18-8-10-3-4-11(15)7-13(10)16;/h3-7H,8-9H2,1-2H3,(H,17,18);1H. The fourth-order valence-corrected chi connectivity index (χ4v) is 2.34. The second kappa shape index (κ2) is 9.22. The third-order valence-electron chi connectivity index (χ3n) is 2.92. The van der Waals surface area contributed by atoms with Gasteiger partial charge in [-0.2, -0.15) is 0 Å². The van der Waals surface area contributed by atoms with Crippen LogP contribution in [0.2, 0.25) is 10.0 Å². The van der Waals surface area contributed by atoms with Gasteiger partial charge in [-0.05, 0) is 17.7 Å². The molecule has 2 aromatic rings. The zero-order chi connectivity index (χ0) is 15.2. The average molecular weight is 455 g/mol. The highest BCUT2D eigenvalue weighted by molar-refractivity contribution is 14.0. The van der Waals surface area contributed by atoms with Crippen molar-refractivity contribution in [2.75, 3.05) is 14.1 Å². The maximum Gasteiger partial charge on any atom is 0.194 e.